The highest BCUT2D eigenvalue weighted by Gasteiger charge is 2.13. The van der Waals surface area contributed by atoms with Gasteiger partial charge >= 0.3 is 0 Å². The number of ether oxygens (including phenoxy) is 1. The monoisotopic (exact) mass is 351 g/mol. The zero-order valence-electron chi connectivity index (χ0n) is 10.0. The van der Waals surface area contributed by atoms with Gasteiger partial charge in [-0.25, -0.2) is 0 Å². The number of piperidine rings is 1. The fourth-order valence-electron chi connectivity index (χ4n) is 2.12. The quantitative estimate of drug-likeness (QED) is 0.804. The second kappa shape index (κ2) is 6.99. The Morgan fingerprint density at radius 1 is 1.22 bits per heavy atom. The third-order valence-corrected chi connectivity index (χ3v) is 4.71. The smallest absolute Gasteiger partial charge is 0.139 e. The van der Waals surface area contributed by atoms with Gasteiger partial charge in [-0.05, 0) is 60.3 Å². The maximum atomic E-state index is 6.10. The topological polar surface area (TPSA) is 21.3 Å². The van der Waals surface area contributed by atoms with Gasteiger partial charge in [0.25, 0.3) is 0 Å². The molecule has 1 fully saturated rings. The Labute approximate surface area is 126 Å². The molecule has 0 bridgehead atoms. The number of hydrogen-bond donors (Lipinski definition) is 1. The summed E-state index contributed by atoms with van der Waals surface area (Å²) in [5.41, 5.74) is 0. The van der Waals surface area contributed by atoms with Crippen LogP contribution in [-0.2, 0) is 0 Å². The van der Waals surface area contributed by atoms with E-state index in [1.54, 1.807) is 12.1 Å². The maximum Gasteiger partial charge on any atom is 0.139 e. The van der Waals surface area contributed by atoms with Crippen molar-refractivity contribution < 1.29 is 4.74 Å². The van der Waals surface area contributed by atoms with Gasteiger partial charge in [0.15, 0.2) is 0 Å². The first-order valence-electron chi connectivity index (χ1n) is 6.15. The molecule has 2 rings (SSSR count). The van der Waals surface area contributed by atoms with Crippen LogP contribution in [0.3, 0.4) is 0 Å². The van der Waals surface area contributed by atoms with Crippen molar-refractivity contribution in [3.8, 4) is 5.75 Å². The van der Waals surface area contributed by atoms with Gasteiger partial charge in [-0.1, -0.05) is 23.2 Å². The highest BCUT2D eigenvalue weighted by molar-refractivity contribution is 9.10. The predicted octanol–water partition coefficient (Wildman–Crippen LogP) is 4.52. The molecule has 1 heterocycles. The molecule has 1 aromatic carbocycles. The van der Waals surface area contributed by atoms with Gasteiger partial charge in [0, 0.05) is 10.5 Å². The zero-order valence-corrected chi connectivity index (χ0v) is 13.1. The minimum atomic E-state index is 0.594. The lowest BCUT2D eigenvalue weighted by molar-refractivity contribution is 0.252. The highest BCUT2D eigenvalue weighted by Crippen LogP contribution is 2.34. The average molecular weight is 353 g/mol. The fourth-order valence-corrected chi connectivity index (χ4v) is 2.97. The molecule has 0 atom stereocenters. The lowest BCUT2D eigenvalue weighted by Crippen LogP contribution is -2.28. The molecule has 0 amide bonds. The van der Waals surface area contributed by atoms with E-state index in [4.69, 9.17) is 27.9 Å². The number of hydrogen-bond acceptors (Lipinski definition) is 2. The lowest BCUT2D eigenvalue weighted by Gasteiger charge is -2.22. The third kappa shape index (κ3) is 4.02. The normalized spacial score (nSPS) is 16.8. The number of rotatable bonds is 4. The average Bonchev–Trinajstić information content (AvgIpc) is 2.37. The maximum absolute atomic E-state index is 6.10. The number of halogens is 3. The molecular weight excluding hydrogens is 337 g/mol. The van der Waals surface area contributed by atoms with E-state index >= 15 is 0 Å². The number of benzene rings is 1. The van der Waals surface area contributed by atoms with Gasteiger partial charge in [-0.2, -0.15) is 0 Å². The lowest BCUT2D eigenvalue weighted by atomic mass is 9.95. The first-order chi connectivity index (χ1) is 8.66. The summed E-state index contributed by atoms with van der Waals surface area (Å²) in [6, 6.07) is 3.53. The molecule has 0 radical (unpaired) electrons. The van der Waals surface area contributed by atoms with Crippen LogP contribution in [0.4, 0.5) is 0 Å². The molecule has 1 aliphatic rings. The molecule has 1 aliphatic heterocycles. The number of nitrogens with one attached hydrogen (secondary N) is 1. The van der Waals surface area contributed by atoms with E-state index in [2.05, 4.69) is 21.2 Å². The van der Waals surface area contributed by atoms with E-state index in [1.165, 1.54) is 12.8 Å². The molecule has 0 saturated carbocycles. The Hall–Kier alpha value is 0.0400. The van der Waals surface area contributed by atoms with Crippen molar-refractivity contribution in [2.45, 2.75) is 19.3 Å². The summed E-state index contributed by atoms with van der Waals surface area (Å²) >= 11 is 15.5. The summed E-state index contributed by atoms with van der Waals surface area (Å²) in [6.45, 7) is 2.94. The van der Waals surface area contributed by atoms with Crippen LogP contribution >= 0.6 is 39.1 Å². The zero-order chi connectivity index (χ0) is 13.0. The van der Waals surface area contributed by atoms with Gasteiger partial charge < -0.3 is 10.1 Å². The van der Waals surface area contributed by atoms with E-state index in [9.17, 15) is 0 Å². The summed E-state index contributed by atoms with van der Waals surface area (Å²) in [5.74, 6) is 1.43. The van der Waals surface area contributed by atoms with Gasteiger partial charge in [0.05, 0.1) is 16.7 Å². The van der Waals surface area contributed by atoms with Crippen LogP contribution in [0.1, 0.15) is 19.3 Å². The van der Waals surface area contributed by atoms with Crippen LogP contribution in [0.25, 0.3) is 0 Å². The fraction of sp³-hybridized carbons (Fsp3) is 0.538. The highest BCUT2D eigenvalue weighted by atomic mass is 79.9. The molecule has 18 heavy (non-hydrogen) atoms. The van der Waals surface area contributed by atoms with Crippen molar-refractivity contribution >= 4 is 39.1 Å². The summed E-state index contributed by atoms with van der Waals surface area (Å²) in [7, 11) is 0. The Balaban J connectivity index is 1.84. The van der Waals surface area contributed by atoms with E-state index in [-0.39, 0.29) is 0 Å². The summed E-state index contributed by atoms with van der Waals surface area (Å²) in [4.78, 5) is 0. The minimum Gasteiger partial charge on any atom is -0.492 e. The van der Waals surface area contributed by atoms with Crippen LogP contribution in [0, 0.1) is 5.92 Å². The first-order valence-corrected chi connectivity index (χ1v) is 7.70. The minimum absolute atomic E-state index is 0.594. The molecule has 100 valence electrons. The van der Waals surface area contributed by atoms with E-state index in [0.29, 0.717) is 22.4 Å². The van der Waals surface area contributed by atoms with Crippen molar-refractivity contribution in [3.63, 3.8) is 0 Å². The summed E-state index contributed by atoms with van der Waals surface area (Å²) in [5, 5.41) is 4.58. The van der Waals surface area contributed by atoms with Crippen molar-refractivity contribution in [3.05, 3.63) is 26.7 Å². The third-order valence-electron chi connectivity index (χ3n) is 3.22. The molecule has 0 aromatic heterocycles. The van der Waals surface area contributed by atoms with Crippen LogP contribution in [0.5, 0.6) is 5.75 Å². The molecule has 1 aromatic rings. The van der Waals surface area contributed by atoms with Crippen molar-refractivity contribution in [1.82, 2.24) is 5.32 Å². The first kappa shape index (κ1) is 14.4. The largest absolute Gasteiger partial charge is 0.492 e. The Bertz CT molecular complexity index is 408. The van der Waals surface area contributed by atoms with Crippen LogP contribution in [-0.4, -0.2) is 19.7 Å². The van der Waals surface area contributed by atoms with Crippen LogP contribution < -0.4 is 10.1 Å². The molecule has 5 heteroatoms. The molecule has 1 saturated heterocycles. The molecule has 2 nitrogen and oxygen atoms in total. The van der Waals surface area contributed by atoms with Crippen molar-refractivity contribution in [2.24, 2.45) is 5.92 Å². The second-order valence-electron chi connectivity index (χ2n) is 4.53. The van der Waals surface area contributed by atoms with Crippen LogP contribution in [0.15, 0.2) is 16.6 Å². The van der Waals surface area contributed by atoms with Gasteiger partial charge in [-0.15, -0.1) is 0 Å². The second-order valence-corrected chi connectivity index (χ2v) is 6.20. The Kier molecular flexibility index (Phi) is 5.61. The van der Waals surface area contributed by atoms with E-state index < -0.39 is 0 Å². The standard InChI is InChI=1S/C13H16BrCl2NO/c14-10-7-12(16)13(8-11(10)15)18-6-3-9-1-4-17-5-2-9/h7-9,17H,1-6H2. The summed E-state index contributed by atoms with van der Waals surface area (Å²) < 4.78 is 6.51. The van der Waals surface area contributed by atoms with E-state index in [0.717, 1.165) is 29.9 Å². The Morgan fingerprint density at radius 2 is 1.94 bits per heavy atom. The van der Waals surface area contributed by atoms with E-state index in [1.807, 2.05) is 0 Å². The van der Waals surface area contributed by atoms with Gasteiger partial charge in [0.2, 0.25) is 0 Å². The van der Waals surface area contributed by atoms with Gasteiger partial charge in [0.1, 0.15) is 5.75 Å². The molecule has 0 spiro atoms. The molecule has 1 N–H and O–H groups in total. The van der Waals surface area contributed by atoms with Crippen LogP contribution in [0.2, 0.25) is 10.0 Å². The predicted molar refractivity (Wildman–Crippen MR) is 79.9 cm³/mol. The van der Waals surface area contributed by atoms with Gasteiger partial charge in [-0.3, -0.25) is 0 Å². The van der Waals surface area contributed by atoms with Crippen molar-refractivity contribution in [1.29, 1.82) is 0 Å². The molecule has 0 aliphatic carbocycles. The summed E-state index contributed by atoms with van der Waals surface area (Å²) in [6.07, 6.45) is 3.54. The molecular formula is C13H16BrCl2NO. The van der Waals surface area contributed by atoms with Crippen molar-refractivity contribution in [2.75, 3.05) is 19.7 Å². The Morgan fingerprint density at radius 3 is 2.67 bits per heavy atom. The SMILES string of the molecule is Clc1cc(OCCC2CCNCC2)c(Cl)cc1Br. The molecule has 0 unspecified atom stereocenters.